The lowest BCUT2D eigenvalue weighted by molar-refractivity contribution is 0.101. The van der Waals surface area contributed by atoms with Gasteiger partial charge in [0.15, 0.2) is 5.76 Å². The quantitative estimate of drug-likeness (QED) is 0.727. The minimum absolute atomic E-state index is 0.150. The normalized spacial score (nSPS) is 14.9. The van der Waals surface area contributed by atoms with Crippen LogP contribution in [0, 0.1) is 11.3 Å². The molecule has 19 heavy (non-hydrogen) atoms. The van der Waals surface area contributed by atoms with Gasteiger partial charge in [-0.05, 0) is 29.8 Å². The van der Waals surface area contributed by atoms with E-state index in [0.717, 1.165) is 0 Å². The summed E-state index contributed by atoms with van der Waals surface area (Å²) in [4.78, 5) is 12.1. The van der Waals surface area contributed by atoms with Crippen molar-refractivity contribution < 1.29 is 9.53 Å². The second kappa shape index (κ2) is 4.43. The maximum absolute atomic E-state index is 12.1. The van der Waals surface area contributed by atoms with E-state index in [0.29, 0.717) is 22.4 Å². The molecular weight excluding hydrogens is 238 g/mol. The highest BCUT2D eigenvalue weighted by Crippen LogP contribution is 2.31. The maximum atomic E-state index is 12.1. The smallest absolute Gasteiger partial charge is 0.231 e. The number of allylic oxidation sites excluding steroid dienone is 1. The summed E-state index contributed by atoms with van der Waals surface area (Å²) in [5, 5.41) is 9.03. The lowest BCUT2D eigenvalue weighted by atomic mass is 10.1. The Morgan fingerprint density at radius 3 is 2.58 bits per heavy atom. The highest BCUT2D eigenvalue weighted by atomic mass is 16.5. The van der Waals surface area contributed by atoms with Crippen molar-refractivity contribution in [1.82, 2.24) is 0 Å². The number of hydrogen-bond donors (Lipinski definition) is 0. The molecule has 0 saturated carbocycles. The Hall–Kier alpha value is -2.86. The third-order valence-corrected chi connectivity index (χ3v) is 2.94. The van der Waals surface area contributed by atoms with Crippen LogP contribution in [-0.2, 0) is 0 Å². The zero-order chi connectivity index (χ0) is 13.2. The molecule has 0 amide bonds. The van der Waals surface area contributed by atoms with E-state index in [-0.39, 0.29) is 11.5 Å². The molecule has 0 saturated heterocycles. The molecule has 3 nitrogen and oxygen atoms in total. The topological polar surface area (TPSA) is 50.1 Å². The summed E-state index contributed by atoms with van der Waals surface area (Å²) in [6, 6.07) is 16.3. The minimum Gasteiger partial charge on any atom is -0.452 e. The predicted octanol–water partition coefficient (Wildman–Crippen LogP) is 3.17. The Morgan fingerprint density at radius 1 is 1.05 bits per heavy atom. The predicted molar refractivity (Wildman–Crippen MR) is 70.5 cm³/mol. The molecule has 0 atom stereocenters. The molecule has 0 fully saturated rings. The third-order valence-electron chi connectivity index (χ3n) is 2.94. The number of hydrogen-bond acceptors (Lipinski definition) is 3. The van der Waals surface area contributed by atoms with E-state index >= 15 is 0 Å². The first kappa shape index (κ1) is 11.2. The van der Waals surface area contributed by atoms with Crippen molar-refractivity contribution in [2.45, 2.75) is 0 Å². The molecular formula is C16H9NO2. The van der Waals surface area contributed by atoms with Gasteiger partial charge >= 0.3 is 0 Å². The van der Waals surface area contributed by atoms with Gasteiger partial charge in [0.2, 0.25) is 5.78 Å². The van der Waals surface area contributed by atoms with Gasteiger partial charge in [0.25, 0.3) is 0 Å². The molecule has 3 rings (SSSR count). The monoisotopic (exact) mass is 247 g/mol. The first-order valence-electron chi connectivity index (χ1n) is 5.82. The van der Waals surface area contributed by atoms with E-state index in [9.17, 15) is 4.79 Å². The molecule has 0 aliphatic carbocycles. The van der Waals surface area contributed by atoms with Crippen LogP contribution in [0.3, 0.4) is 0 Å². The molecule has 2 aromatic carbocycles. The Kier molecular flexibility index (Phi) is 2.62. The second-order valence-corrected chi connectivity index (χ2v) is 4.13. The molecule has 1 aliphatic rings. The fraction of sp³-hybridized carbons (Fsp3) is 0. The third kappa shape index (κ3) is 1.90. The van der Waals surface area contributed by atoms with Gasteiger partial charge in [-0.15, -0.1) is 0 Å². The standard InChI is InChI=1S/C16H9NO2/c17-10-12-6-2-1-5-11(12)9-15-16(18)13-7-3-4-8-14(13)19-15/h1-9H/b15-9-. The molecule has 0 unspecified atom stereocenters. The van der Waals surface area contributed by atoms with Gasteiger partial charge in [-0.3, -0.25) is 4.79 Å². The number of fused-ring (bicyclic) bond motifs is 1. The molecule has 0 N–H and O–H groups in total. The lowest BCUT2D eigenvalue weighted by Gasteiger charge is -1.99. The van der Waals surface area contributed by atoms with E-state index in [1.807, 2.05) is 12.1 Å². The zero-order valence-electron chi connectivity index (χ0n) is 9.96. The first-order valence-corrected chi connectivity index (χ1v) is 5.82. The first-order chi connectivity index (χ1) is 9.29. The van der Waals surface area contributed by atoms with Gasteiger partial charge < -0.3 is 4.74 Å². The fourth-order valence-electron chi connectivity index (χ4n) is 2.00. The number of para-hydroxylation sites is 1. The van der Waals surface area contributed by atoms with Crippen LogP contribution in [-0.4, -0.2) is 5.78 Å². The van der Waals surface area contributed by atoms with Crippen LogP contribution in [0.2, 0.25) is 0 Å². The number of Topliss-reactive ketones (excluding diaryl/α,β-unsaturated/α-hetero) is 1. The van der Waals surface area contributed by atoms with E-state index in [1.165, 1.54) is 0 Å². The summed E-state index contributed by atoms with van der Waals surface area (Å²) in [7, 11) is 0. The van der Waals surface area contributed by atoms with Crippen LogP contribution in [0.25, 0.3) is 6.08 Å². The number of ketones is 1. The SMILES string of the molecule is N#Cc1ccccc1/C=C1\Oc2ccccc2C1=O. The van der Waals surface area contributed by atoms with Crippen LogP contribution in [0.4, 0.5) is 0 Å². The van der Waals surface area contributed by atoms with Crippen molar-refractivity contribution in [3.63, 3.8) is 0 Å². The Bertz CT molecular complexity index is 738. The number of nitriles is 1. The number of ether oxygens (including phenoxy) is 1. The van der Waals surface area contributed by atoms with Crippen molar-refractivity contribution in [3.05, 3.63) is 71.0 Å². The Labute approximate surface area is 110 Å². The zero-order valence-corrected chi connectivity index (χ0v) is 9.96. The molecule has 3 heteroatoms. The van der Waals surface area contributed by atoms with Crippen molar-refractivity contribution in [2.24, 2.45) is 0 Å². The van der Waals surface area contributed by atoms with E-state index in [4.69, 9.17) is 10.00 Å². The maximum Gasteiger partial charge on any atom is 0.231 e. The summed E-state index contributed by atoms with van der Waals surface area (Å²) < 4.78 is 5.52. The van der Waals surface area contributed by atoms with Gasteiger partial charge in [-0.25, -0.2) is 0 Å². The molecule has 0 spiro atoms. The van der Waals surface area contributed by atoms with E-state index in [2.05, 4.69) is 6.07 Å². The number of carbonyl (C=O) groups excluding carboxylic acids is 1. The number of benzene rings is 2. The van der Waals surface area contributed by atoms with Gasteiger partial charge in [-0.1, -0.05) is 30.3 Å². The Morgan fingerprint density at radius 2 is 1.79 bits per heavy atom. The number of nitrogens with zero attached hydrogens (tertiary/aromatic N) is 1. The van der Waals surface area contributed by atoms with Gasteiger partial charge in [0, 0.05) is 0 Å². The summed E-state index contributed by atoms with van der Waals surface area (Å²) in [5.41, 5.74) is 1.76. The van der Waals surface area contributed by atoms with Crippen LogP contribution < -0.4 is 4.74 Å². The number of carbonyl (C=O) groups is 1. The molecule has 0 bridgehead atoms. The summed E-state index contributed by atoms with van der Waals surface area (Å²) in [6.07, 6.45) is 1.61. The van der Waals surface area contributed by atoms with Crippen molar-refractivity contribution in [3.8, 4) is 11.8 Å². The highest BCUT2D eigenvalue weighted by molar-refractivity contribution is 6.14. The van der Waals surface area contributed by atoms with Gasteiger partial charge in [-0.2, -0.15) is 5.26 Å². The van der Waals surface area contributed by atoms with E-state index in [1.54, 1.807) is 42.5 Å². The van der Waals surface area contributed by atoms with Crippen molar-refractivity contribution in [1.29, 1.82) is 5.26 Å². The lowest BCUT2D eigenvalue weighted by Crippen LogP contribution is -1.98. The fourth-order valence-corrected chi connectivity index (χ4v) is 2.00. The van der Waals surface area contributed by atoms with Crippen LogP contribution in [0.5, 0.6) is 5.75 Å². The average Bonchev–Trinajstić information content (AvgIpc) is 2.77. The average molecular weight is 247 g/mol. The second-order valence-electron chi connectivity index (χ2n) is 4.13. The number of rotatable bonds is 1. The molecule has 0 aromatic heterocycles. The summed E-state index contributed by atoms with van der Waals surface area (Å²) in [6.45, 7) is 0. The Balaban J connectivity index is 2.04. The largest absolute Gasteiger partial charge is 0.452 e. The van der Waals surface area contributed by atoms with Crippen LogP contribution >= 0.6 is 0 Å². The van der Waals surface area contributed by atoms with Crippen LogP contribution in [0.15, 0.2) is 54.3 Å². The molecule has 90 valence electrons. The van der Waals surface area contributed by atoms with Crippen LogP contribution in [0.1, 0.15) is 21.5 Å². The molecule has 2 aromatic rings. The summed E-state index contributed by atoms with van der Waals surface area (Å²) in [5.74, 6) is 0.667. The van der Waals surface area contributed by atoms with Crippen molar-refractivity contribution in [2.75, 3.05) is 0 Å². The minimum atomic E-state index is -0.150. The molecule has 0 radical (unpaired) electrons. The van der Waals surface area contributed by atoms with Gasteiger partial charge in [0.05, 0.1) is 17.2 Å². The highest BCUT2D eigenvalue weighted by Gasteiger charge is 2.26. The van der Waals surface area contributed by atoms with E-state index < -0.39 is 0 Å². The van der Waals surface area contributed by atoms with Crippen molar-refractivity contribution >= 4 is 11.9 Å². The van der Waals surface area contributed by atoms with Gasteiger partial charge in [0.1, 0.15) is 5.75 Å². The molecule has 1 aliphatic heterocycles. The summed E-state index contributed by atoms with van der Waals surface area (Å²) >= 11 is 0. The molecule has 1 heterocycles.